The molecule has 0 rings (SSSR count). The molecule has 0 bridgehead atoms. The molecule has 0 fully saturated rings. The van der Waals surface area contributed by atoms with Crippen LogP contribution in [0.3, 0.4) is 0 Å². The lowest BCUT2D eigenvalue weighted by atomic mass is 10.2. The molecule has 0 spiro atoms. The second-order valence-corrected chi connectivity index (χ2v) is 13.0. The predicted molar refractivity (Wildman–Crippen MR) is 92.9 cm³/mol. The van der Waals surface area contributed by atoms with Gasteiger partial charge in [0.2, 0.25) is 0 Å². The number of esters is 1. The summed E-state index contributed by atoms with van der Waals surface area (Å²) in [7, 11) is -0.804. The zero-order valence-electron chi connectivity index (χ0n) is 16.2. The van der Waals surface area contributed by atoms with Crippen molar-refractivity contribution >= 4 is 20.4 Å². The summed E-state index contributed by atoms with van der Waals surface area (Å²) in [4.78, 5) is 24.0. The number of hydrogen-bond acceptors (Lipinski definition) is 5. The first-order valence-corrected chi connectivity index (χ1v) is 10.8. The van der Waals surface area contributed by atoms with E-state index in [9.17, 15) is 9.59 Å². The maximum absolute atomic E-state index is 12.0. The third-order valence-corrected chi connectivity index (χ3v) is 8.46. The van der Waals surface area contributed by atoms with E-state index in [1.807, 2.05) is 0 Å². The molecule has 136 valence electrons. The van der Waals surface area contributed by atoms with E-state index in [-0.39, 0.29) is 5.04 Å². The lowest BCUT2D eigenvalue weighted by Gasteiger charge is -2.39. The Kier molecular flexibility index (Phi) is 7.30. The van der Waals surface area contributed by atoms with Crippen molar-refractivity contribution in [2.75, 3.05) is 7.11 Å². The minimum atomic E-state index is -2.09. The molecule has 0 aliphatic carbocycles. The number of methoxy groups -OCH3 is 1. The molecule has 7 heteroatoms. The highest BCUT2D eigenvalue weighted by atomic mass is 28.4. The van der Waals surface area contributed by atoms with Gasteiger partial charge in [-0.1, -0.05) is 20.8 Å². The quantitative estimate of drug-likeness (QED) is 0.609. The van der Waals surface area contributed by atoms with E-state index in [4.69, 9.17) is 13.9 Å². The van der Waals surface area contributed by atoms with Crippen LogP contribution in [0.25, 0.3) is 0 Å². The van der Waals surface area contributed by atoms with Crippen molar-refractivity contribution in [3.63, 3.8) is 0 Å². The average molecular weight is 348 g/mol. The van der Waals surface area contributed by atoms with Crippen LogP contribution in [0.2, 0.25) is 18.1 Å². The Morgan fingerprint density at radius 1 is 1.04 bits per heavy atom. The zero-order valence-corrected chi connectivity index (χ0v) is 17.2. The number of rotatable bonds is 5. The van der Waals surface area contributed by atoms with Gasteiger partial charge in [0.25, 0.3) is 0 Å². The van der Waals surface area contributed by atoms with E-state index in [0.717, 1.165) is 0 Å². The standard InChI is InChI=1S/C16H33NO5Si/c1-11(22-23(9,10)16(5,6)7)12(13(18)20-8)17-14(19)21-15(2,3)4/h11-12H,1-10H3,(H,17,19). The van der Waals surface area contributed by atoms with Gasteiger partial charge in [-0.3, -0.25) is 0 Å². The van der Waals surface area contributed by atoms with Crippen LogP contribution in [0.1, 0.15) is 48.5 Å². The van der Waals surface area contributed by atoms with Crippen LogP contribution in [-0.2, 0) is 18.7 Å². The Balaban J connectivity index is 5.12. The molecule has 2 atom stereocenters. The molecule has 1 amide bonds. The van der Waals surface area contributed by atoms with Crippen molar-refractivity contribution in [3.8, 4) is 0 Å². The van der Waals surface area contributed by atoms with Gasteiger partial charge in [0.1, 0.15) is 5.60 Å². The summed E-state index contributed by atoms with van der Waals surface area (Å²) in [6.07, 6.45) is -1.19. The van der Waals surface area contributed by atoms with Crippen molar-refractivity contribution in [2.24, 2.45) is 0 Å². The van der Waals surface area contributed by atoms with E-state index < -0.39 is 38.1 Å². The van der Waals surface area contributed by atoms with Crippen LogP contribution >= 0.6 is 0 Å². The van der Waals surface area contributed by atoms with Crippen LogP contribution in [0.15, 0.2) is 0 Å². The van der Waals surface area contributed by atoms with Gasteiger partial charge in [-0.2, -0.15) is 0 Å². The molecule has 2 unspecified atom stereocenters. The number of alkyl carbamates (subject to hydrolysis) is 1. The minimum absolute atomic E-state index is 0.00610. The summed E-state index contributed by atoms with van der Waals surface area (Å²) in [5.41, 5.74) is -0.645. The lowest BCUT2D eigenvalue weighted by molar-refractivity contribution is -0.145. The van der Waals surface area contributed by atoms with E-state index >= 15 is 0 Å². The third-order valence-electron chi connectivity index (χ3n) is 3.88. The topological polar surface area (TPSA) is 73.9 Å². The van der Waals surface area contributed by atoms with Crippen molar-refractivity contribution < 1.29 is 23.5 Å². The molecule has 0 saturated carbocycles. The van der Waals surface area contributed by atoms with Gasteiger partial charge in [-0.15, -0.1) is 0 Å². The lowest BCUT2D eigenvalue weighted by Crippen LogP contribution is -2.54. The molecule has 23 heavy (non-hydrogen) atoms. The number of ether oxygens (including phenoxy) is 2. The van der Waals surface area contributed by atoms with Crippen molar-refractivity contribution in [2.45, 2.75) is 84.3 Å². The Hall–Kier alpha value is -1.08. The highest BCUT2D eigenvalue weighted by Crippen LogP contribution is 2.37. The average Bonchev–Trinajstić information content (AvgIpc) is 2.30. The van der Waals surface area contributed by atoms with Gasteiger partial charge in [0.15, 0.2) is 14.4 Å². The molecule has 0 aromatic heterocycles. The Bertz CT molecular complexity index is 423. The second kappa shape index (κ2) is 7.66. The monoisotopic (exact) mass is 347 g/mol. The fourth-order valence-electron chi connectivity index (χ4n) is 1.64. The summed E-state index contributed by atoms with van der Waals surface area (Å²) in [5, 5.41) is 2.55. The third kappa shape index (κ3) is 7.35. The minimum Gasteiger partial charge on any atom is -0.467 e. The summed E-state index contributed by atoms with van der Waals surface area (Å²) < 4.78 is 16.2. The predicted octanol–water partition coefficient (Wildman–Crippen LogP) is 3.46. The largest absolute Gasteiger partial charge is 0.467 e. The van der Waals surface area contributed by atoms with Crippen LogP contribution in [0, 0.1) is 0 Å². The Labute approximate surface area is 141 Å². The second-order valence-electron chi connectivity index (χ2n) is 8.23. The maximum atomic E-state index is 12.0. The Morgan fingerprint density at radius 3 is 1.87 bits per heavy atom. The van der Waals surface area contributed by atoms with Gasteiger partial charge in [0, 0.05) is 0 Å². The maximum Gasteiger partial charge on any atom is 0.408 e. The van der Waals surface area contributed by atoms with Gasteiger partial charge in [-0.25, -0.2) is 9.59 Å². The summed E-state index contributed by atoms with van der Waals surface area (Å²) in [5.74, 6) is -0.554. The molecule has 0 radical (unpaired) electrons. The highest BCUT2D eigenvalue weighted by molar-refractivity contribution is 6.74. The first kappa shape index (κ1) is 21.9. The fraction of sp³-hybridized carbons (Fsp3) is 0.875. The van der Waals surface area contributed by atoms with Crippen molar-refractivity contribution in [1.29, 1.82) is 0 Å². The molecule has 0 saturated heterocycles. The molecule has 1 N–H and O–H groups in total. The van der Waals surface area contributed by atoms with Crippen LogP contribution in [0.4, 0.5) is 4.79 Å². The number of carbonyl (C=O) groups excluding carboxylic acids is 2. The van der Waals surface area contributed by atoms with Crippen LogP contribution in [-0.4, -0.2) is 45.2 Å². The molecule has 0 aromatic rings. The highest BCUT2D eigenvalue weighted by Gasteiger charge is 2.41. The van der Waals surface area contributed by atoms with Gasteiger partial charge in [0.05, 0.1) is 13.2 Å². The van der Waals surface area contributed by atoms with Crippen molar-refractivity contribution in [3.05, 3.63) is 0 Å². The molecule has 0 aliphatic heterocycles. The molecule has 0 heterocycles. The van der Waals surface area contributed by atoms with Crippen LogP contribution < -0.4 is 5.32 Å². The number of hydrogen-bond donors (Lipinski definition) is 1. The van der Waals surface area contributed by atoms with Crippen molar-refractivity contribution in [1.82, 2.24) is 5.32 Å². The molecular weight excluding hydrogens is 314 g/mol. The van der Waals surface area contributed by atoms with E-state index in [1.54, 1.807) is 27.7 Å². The van der Waals surface area contributed by atoms with Gasteiger partial charge < -0.3 is 19.2 Å². The number of nitrogens with one attached hydrogen (secondary N) is 1. The first-order chi connectivity index (χ1) is 10.1. The van der Waals surface area contributed by atoms with E-state index in [2.05, 4.69) is 39.2 Å². The molecule has 6 nitrogen and oxygen atoms in total. The molecule has 0 aromatic carbocycles. The van der Waals surface area contributed by atoms with Gasteiger partial charge >= 0.3 is 12.1 Å². The fourth-order valence-corrected chi connectivity index (χ4v) is 3.06. The normalized spacial score (nSPS) is 15.6. The Morgan fingerprint density at radius 2 is 1.52 bits per heavy atom. The molecular formula is C16H33NO5Si. The summed E-state index contributed by atoms with van der Waals surface area (Å²) >= 11 is 0. The number of carbonyl (C=O) groups is 2. The van der Waals surface area contributed by atoms with Gasteiger partial charge in [-0.05, 0) is 45.8 Å². The van der Waals surface area contributed by atoms with E-state index in [1.165, 1.54) is 7.11 Å². The SMILES string of the molecule is COC(=O)C(NC(=O)OC(C)(C)C)C(C)O[Si](C)(C)C(C)(C)C. The summed E-state index contributed by atoms with van der Waals surface area (Å²) in [6.45, 7) is 17.6. The summed E-state index contributed by atoms with van der Waals surface area (Å²) in [6, 6.07) is -0.913. The smallest absolute Gasteiger partial charge is 0.408 e. The van der Waals surface area contributed by atoms with Crippen LogP contribution in [0.5, 0.6) is 0 Å². The zero-order chi connectivity index (χ0) is 18.6. The number of amides is 1. The molecule has 0 aliphatic rings. The first-order valence-electron chi connectivity index (χ1n) is 7.86. The van der Waals surface area contributed by atoms with E-state index in [0.29, 0.717) is 0 Å².